The van der Waals surface area contributed by atoms with Gasteiger partial charge in [-0.05, 0) is 49.2 Å². The van der Waals surface area contributed by atoms with Crippen LogP contribution in [0.25, 0.3) is 0 Å². The molecule has 1 aromatic carbocycles. The van der Waals surface area contributed by atoms with Crippen LogP contribution >= 0.6 is 27.5 Å². The highest BCUT2D eigenvalue weighted by Gasteiger charge is 2.16. The predicted octanol–water partition coefficient (Wildman–Crippen LogP) is 4.78. The minimum atomic E-state index is 0.137. The SMILES string of the molecule is CCCNC(Cc1cccc(Br)c1)c1ncccc1Cl. The molecule has 0 aliphatic carbocycles. The second-order valence-electron chi connectivity index (χ2n) is 4.71. The summed E-state index contributed by atoms with van der Waals surface area (Å²) >= 11 is 9.80. The standard InChI is InChI=1S/C16H18BrClN2/c1-2-8-19-15(16-14(18)7-4-9-20-16)11-12-5-3-6-13(17)10-12/h3-7,9-10,15,19H,2,8,11H2,1H3. The number of hydrogen-bond acceptors (Lipinski definition) is 2. The molecule has 1 N–H and O–H groups in total. The van der Waals surface area contributed by atoms with Gasteiger partial charge in [-0.15, -0.1) is 0 Å². The Morgan fingerprint density at radius 2 is 2.15 bits per heavy atom. The van der Waals surface area contributed by atoms with E-state index in [9.17, 15) is 0 Å². The van der Waals surface area contributed by atoms with Crippen molar-refractivity contribution >= 4 is 27.5 Å². The number of pyridine rings is 1. The molecule has 2 aromatic rings. The average molecular weight is 354 g/mol. The van der Waals surface area contributed by atoms with E-state index in [0.29, 0.717) is 0 Å². The molecule has 0 aliphatic rings. The molecule has 1 unspecified atom stereocenters. The summed E-state index contributed by atoms with van der Waals surface area (Å²) in [5.41, 5.74) is 2.18. The van der Waals surface area contributed by atoms with E-state index in [4.69, 9.17) is 11.6 Å². The van der Waals surface area contributed by atoms with Gasteiger partial charge in [0.1, 0.15) is 0 Å². The first-order valence-electron chi connectivity index (χ1n) is 6.79. The molecule has 0 fully saturated rings. The molecule has 106 valence electrons. The van der Waals surface area contributed by atoms with Crippen LogP contribution in [0.15, 0.2) is 47.1 Å². The van der Waals surface area contributed by atoms with Gasteiger partial charge in [-0.3, -0.25) is 4.98 Å². The fourth-order valence-corrected chi connectivity index (χ4v) is 2.84. The third kappa shape index (κ3) is 4.30. The highest BCUT2D eigenvalue weighted by Crippen LogP contribution is 2.24. The largest absolute Gasteiger partial charge is 0.308 e. The zero-order valence-corrected chi connectivity index (χ0v) is 13.8. The van der Waals surface area contributed by atoms with Crippen molar-refractivity contribution in [1.29, 1.82) is 0 Å². The van der Waals surface area contributed by atoms with Crippen molar-refractivity contribution < 1.29 is 0 Å². The van der Waals surface area contributed by atoms with Crippen LogP contribution in [0.2, 0.25) is 5.02 Å². The van der Waals surface area contributed by atoms with Crippen LogP contribution in [-0.2, 0) is 6.42 Å². The van der Waals surface area contributed by atoms with Crippen LogP contribution in [0.4, 0.5) is 0 Å². The van der Waals surface area contributed by atoms with Crippen LogP contribution in [0, 0.1) is 0 Å². The lowest BCUT2D eigenvalue weighted by Crippen LogP contribution is -2.25. The molecular formula is C16H18BrClN2. The van der Waals surface area contributed by atoms with Gasteiger partial charge in [0.15, 0.2) is 0 Å². The van der Waals surface area contributed by atoms with E-state index in [1.165, 1.54) is 5.56 Å². The molecule has 1 heterocycles. The van der Waals surface area contributed by atoms with Gasteiger partial charge in [0.25, 0.3) is 0 Å². The first-order valence-corrected chi connectivity index (χ1v) is 7.96. The van der Waals surface area contributed by atoms with Gasteiger partial charge >= 0.3 is 0 Å². The maximum Gasteiger partial charge on any atom is 0.0762 e. The van der Waals surface area contributed by atoms with Gasteiger partial charge in [0, 0.05) is 10.7 Å². The maximum atomic E-state index is 6.28. The quantitative estimate of drug-likeness (QED) is 0.808. The second kappa shape index (κ2) is 7.77. The Bertz CT molecular complexity index is 560. The lowest BCUT2D eigenvalue weighted by molar-refractivity contribution is 0.518. The highest BCUT2D eigenvalue weighted by molar-refractivity contribution is 9.10. The summed E-state index contributed by atoms with van der Waals surface area (Å²) in [6.45, 7) is 3.11. The molecule has 0 spiro atoms. The Morgan fingerprint density at radius 1 is 1.30 bits per heavy atom. The fourth-order valence-electron chi connectivity index (χ4n) is 2.14. The Balaban J connectivity index is 2.22. The molecule has 1 atom stereocenters. The smallest absolute Gasteiger partial charge is 0.0762 e. The van der Waals surface area contributed by atoms with Crippen molar-refractivity contribution in [3.8, 4) is 0 Å². The number of hydrogen-bond donors (Lipinski definition) is 1. The molecule has 1 aromatic heterocycles. The van der Waals surface area contributed by atoms with E-state index in [2.05, 4.69) is 51.4 Å². The summed E-state index contributed by atoms with van der Waals surface area (Å²) in [5, 5.41) is 4.25. The van der Waals surface area contributed by atoms with Gasteiger partial charge in [0.05, 0.1) is 16.8 Å². The topological polar surface area (TPSA) is 24.9 Å². The zero-order chi connectivity index (χ0) is 14.4. The van der Waals surface area contributed by atoms with E-state index in [1.54, 1.807) is 6.20 Å². The Hall–Kier alpha value is -0.900. The van der Waals surface area contributed by atoms with Crippen molar-refractivity contribution in [3.63, 3.8) is 0 Å². The molecule has 0 aliphatic heterocycles. The fraction of sp³-hybridized carbons (Fsp3) is 0.312. The lowest BCUT2D eigenvalue weighted by Gasteiger charge is -2.19. The molecule has 2 nitrogen and oxygen atoms in total. The molecule has 0 radical (unpaired) electrons. The first kappa shape index (κ1) is 15.5. The summed E-state index contributed by atoms with van der Waals surface area (Å²) < 4.78 is 1.09. The number of aromatic nitrogens is 1. The summed E-state index contributed by atoms with van der Waals surface area (Å²) in [7, 11) is 0. The zero-order valence-electron chi connectivity index (χ0n) is 11.4. The number of benzene rings is 1. The third-order valence-electron chi connectivity index (χ3n) is 3.09. The Morgan fingerprint density at radius 3 is 2.85 bits per heavy atom. The van der Waals surface area contributed by atoms with Crippen molar-refractivity contribution in [2.24, 2.45) is 0 Å². The van der Waals surface area contributed by atoms with E-state index in [-0.39, 0.29) is 6.04 Å². The average Bonchev–Trinajstić information content (AvgIpc) is 2.44. The molecular weight excluding hydrogens is 336 g/mol. The van der Waals surface area contributed by atoms with Crippen molar-refractivity contribution in [3.05, 3.63) is 63.3 Å². The number of rotatable bonds is 6. The van der Waals surface area contributed by atoms with E-state index >= 15 is 0 Å². The van der Waals surface area contributed by atoms with Gasteiger partial charge in [-0.1, -0.05) is 46.6 Å². The second-order valence-corrected chi connectivity index (χ2v) is 6.03. The van der Waals surface area contributed by atoms with Crippen molar-refractivity contribution in [2.45, 2.75) is 25.8 Å². The van der Waals surface area contributed by atoms with Gasteiger partial charge < -0.3 is 5.32 Å². The predicted molar refractivity (Wildman–Crippen MR) is 88.1 cm³/mol. The molecule has 0 saturated carbocycles. The summed E-state index contributed by atoms with van der Waals surface area (Å²) in [6, 6.07) is 12.2. The van der Waals surface area contributed by atoms with Crippen LogP contribution in [0.1, 0.15) is 30.6 Å². The van der Waals surface area contributed by atoms with E-state index < -0.39 is 0 Å². The molecule has 20 heavy (non-hydrogen) atoms. The maximum absolute atomic E-state index is 6.28. The first-order chi connectivity index (χ1) is 9.70. The molecule has 0 amide bonds. The number of nitrogens with zero attached hydrogens (tertiary/aromatic N) is 1. The monoisotopic (exact) mass is 352 g/mol. The van der Waals surface area contributed by atoms with E-state index in [1.807, 2.05) is 18.2 Å². The molecule has 0 saturated heterocycles. The van der Waals surface area contributed by atoms with Gasteiger partial charge in [-0.2, -0.15) is 0 Å². The van der Waals surface area contributed by atoms with Crippen LogP contribution in [-0.4, -0.2) is 11.5 Å². The minimum absolute atomic E-state index is 0.137. The van der Waals surface area contributed by atoms with Crippen LogP contribution < -0.4 is 5.32 Å². The Kier molecular flexibility index (Phi) is 6.02. The van der Waals surface area contributed by atoms with Crippen LogP contribution in [0.5, 0.6) is 0 Å². The summed E-state index contributed by atoms with van der Waals surface area (Å²) in [4.78, 5) is 4.44. The third-order valence-corrected chi connectivity index (χ3v) is 3.90. The van der Waals surface area contributed by atoms with E-state index in [0.717, 1.165) is 34.6 Å². The van der Waals surface area contributed by atoms with Gasteiger partial charge in [-0.25, -0.2) is 0 Å². The number of nitrogens with one attached hydrogen (secondary N) is 1. The van der Waals surface area contributed by atoms with Crippen molar-refractivity contribution in [1.82, 2.24) is 10.3 Å². The normalized spacial score (nSPS) is 12.3. The molecule has 0 bridgehead atoms. The number of halogens is 2. The minimum Gasteiger partial charge on any atom is -0.308 e. The summed E-state index contributed by atoms with van der Waals surface area (Å²) in [6.07, 6.45) is 3.75. The lowest BCUT2D eigenvalue weighted by atomic mass is 10.0. The summed E-state index contributed by atoms with van der Waals surface area (Å²) in [5.74, 6) is 0. The van der Waals surface area contributed by atoms with Crippen LogP contribution in [0.3, 0.4) is 0 Å². The van der Waals surface area contributed by atoms with Crippen molar-refractivity contribution in [2.75, 3.05) is 6.54 Å². The van der Waals surface area contributed by atoms with Gasteiger partial charge in [0.2, 0.25) is 0 Å². The Labute approximate surface area is 133 Å². The highest BCUT2D eigenvalue weighted by atomic mass is 79.9. The molecule has 4 heteroatoms. The molecule has 2 rings (SSSR count).